The van der Waals surface area contributed by atoms with Gasteiger partial charge in [-0.1, -0.05) is 26.0 Å². The van der Waals surface area contributed by atoms with Crippen molar-refractivity contribution in [2.45, 2.75) is 145 Å². The van der Waals surface area contributed by atoms with Gasteiger partial charge in [-0.2, -0.15) is 0 Å². The highest BCUT2D eigenvalue weighted by atomic mass is 16.4. The molecule has 0 bridgehead atoms. The summed E-state index contributed by atoms with van der Waals surface area (Å²) in [5, 5.41) is 91.9. The molecule has 1 aromatic rings. The summed E-state index contributed by atoms with van der Waals surface area (Å²) in [5.74, 6) is -21.0. The molecule has 12 amide bonds. The number of benzene rings is 1. The third-order valence-electron chi connectivity index (χ3n) is 12.5. The van der Waals surface area contributed by atoms with Crippen LogP contribution in [0.5, 0.6) is 5.75 Å². The number of carboxylic acid groups (broad SMARTS) is 4. The zero-order valence-electron chi connectivity index (χ0n) is 49.7. The van der Waals surface area contributed by atoms with Gasteiger partial charge in [-0.15, -0.1) is 0 Å². The predicted molar refractivity (Wildman–Crippen MR) is 310 cm³/mol. The number of aliphatic hydroxyl groups is 2. The lowest BCUT2D eigenvalue weighted by Crippen LogP contribution is -2.62. The van der Waals surface area contributed by atoms with Crippen LogP contribution < -0.4 is 81.4 Å². The standard InChI is InChI=1S/C52H80N16O23/c1-23(2)15-30(47(86)64-28(10-12-35(54)72)46(85)65-29(51(90)91)11-13-39(76)77)66-48(87)33(18-41(80)81)67-50(89)42(24(3)70)68-49(88)31(16-25-6-8-26(71)9-7-25)61-37(74)20-60-45(84)34(22-69)63-38(75)21-59-44(83)32(17-40(78)79)62-36(73)19-58-43(82)27(53)5-4-14-57-52(55)56/h6-9,23-24,27-34,42,69-71H,4-5,10-22,53H2,1-3H3,(H2,54,72)(H,58,82)(H,59,83)(H,60,84)(H,61,74)(H,62,73)(H,63,75)(H,64,86)(H,65,85)(H,66,87)(H,67,89)(H,68,88)(H,76,77)(H,78,79)(H,80,81)(H,90,91)(H4,55,56,57)/t24-,27+,28+,29+,30+,31+,32+,33+,34+,42+/m1/s1. The van der Waals surface area contributed by atoms with Gasteiger partial charge in [0.1, 0.15) is 54.1 Å². The summed E-state index contributed by atoms with van der Waals surface area (Å²) in [5.41, 5.74) is 21.7. The molecule has 10 atom stereocenters. The van der Waals surface area contributed by atoms with E-state index in [4.69, 9.17) is 28.0 Å². The number of phenols is 1. The maximum Gasteiger partial charge on any atom is 0.326 e. The molecule has 506 valence electrons. The molecule has 39 heteroatoms. The number of phenolic OH excluding ortho intramolecular Hbond substituents is 1. The van der Waals surface area contributed by atoms with Crippen molar-refractivity contribution in [3.8, 4) is 5.75 Å². The van der Waals surface area contributed by atoms with Crippen molar-refractivity contribution >= 4 is 101 Å². The SMILES string of the molecule is CC(C)C[C@H](NC(=O)[C@H](CC(=O)O)NC(=O)[C@@H](NC(=O)[C@H](Cc1ccc(O)cc1)NC(=O)CNC(=O)[C@H](CO)NC(=O)CNC(=O)[C@H](CC(=O)O)NC(=O)CNC(=O)[C@@H](N)CCCN=C(N)N)[C@@H](C)O)C(=O)N[C@@H](CCC(N)=O)C(=O)N[C@@H](CCC(=O)O)C(=O)O. The number of primary amides is 1. The number of nitrogens with zero attached hydrogens (tertiary/aromatic N) is 1. The first-order valence-electron chi connectivity index (χ1n) is 27.8. The van der Waals surface area contributed by atoms with Crippen LogP contribution in [-0.4, -0.2) is 230 Å². The van der Waals surface area contributed by atoms with Crippen molar-refractivity contribution in [3.05, 3.63) is 29.8 Å². The number of aliphatic carboxylic acids is 4. The van der Waals surface area contributed by atoms with Crippen molar-refractivity contribution in [1.82, 2.24) is 58.5 Å². The Balaban J connectivity index is 3.24. The summed E-state index contributed by atoms with van der Waals surface area (Å²) in [6.45, 7) is 0.493. The molecule has 0 radical (unpaired) electrons. The molecular formula is C52H80N16O23. The van der Waals surface area contributed by atoms with Crippen LogP contribution in [0.25, 0.3) is 0 Å². The van der Waals surface area contributed by atoms with Crippen molar-refractivity contribution in [2.24, 2.45) is 33.8 Å². The first-order chi connectivity index (χ1) is 42.5. The molecule has 0 unspecified atom stereocenters. The first kappa shape index (κ1) is 78.7. The minimum Gasteiger partial charge on any atom is -0.508 e. The Labute approximate surface area is 518 Å². The van der Waals surface area contributed by atoms with Gasteiger partial charge in [0.05, 0.1) is 51.2 Å². The molecule has 0 aliphatic heterocycles. The average molecular weight is 1300 g/mol. The second-order valence-electron chi connectivity index (χ2n) is 20.7. The summed E-state index contributed by atoms with van der Waals surface area (Å²) in [7, 11) is 0. The van der Waals surface area contributed by atoms with Crippen LogP contribution in [-0.2, 0) is 83.1 Å². The van der Waals surface area contributed by atoms with E-state index in [0.29, 0.717) is 6.42 Å². The molecule has 0 saturated carbocycles. The number of guanidine groups is 1. The normalized spacial score (nSPS) is 14.1. The number of aromatic hydroxyl groups is 1. The van der Waals surface area contributed by atoms with Crippen molar-refractivity contribution in [3.63, 3.8) is 0 Å². The highest BCUT2D eigenvalue weighted by Gasteiger charge is 2.37. The Hall–Kier alpha value is -10.3. The molecule has 39 nitrogen and oxygen atoms in total. The van der Waals surface area contributed by atoms with Crippen LogP contribution in [0.2, 0.25) is 0 Å². The van der Waals surface area contributed by atoms with Crippen LogP contribution in [0.1, 0.15) is 84.1 Å². The van der Waals surface area contributed by atoms with Crippen LogP contribution >= 0.6 is 0 Å². The number of amides is 12. The largest absolute Gasteiger partial charge is 0.508 e. The molecular weight excluding hydrogens is 1220 g/mol. The highest BCUT2D eigenvalue weighted by Crippen LogP contribution is 2.13. The Bertz CT molecular complexity index is 2800. The summed E-state index contributed by atoms with van der Waals surface area (Å²) >= 11 is 0. The van der Waals surface area contributed by atoms with Gasteiger partial charge >= 0.3 is 23.9 Å². The third kappa shape index (κ3) is 32.5. The van der Waals surface area contributed by atoms with E-state index in [1.165, 1.54) is 24.3 Å². The van der Waals surface area contributed by atoms with Gasteiger partial charge in [-0.25, -0.2) is 4.79 Å². The molecule has 0 aliphatic rings. The number of nitrogens with one attached hydrogen (secondary N) is 11. The smallest absolute Gasteiger partial charge is 0.326 e. The molecule has 0 aromatic heterocycles. The number of hydrogen-bond acceptors (Lipinski definition) is 21. The average Bonchev–Trinajstić information content (AvgIpc) is 1.19. The van der Waals surface area contributed by atoms with Crippen molar-refractivity contribution in [2.75, 3.05) is 32.8 Å². The molecule has 1 aromatic carbocycles. The van der Waals surface area contributed by atoms with Crippen molar-refractivity contribution in [1.29, 1.82) is 0 Å². The van der Waals surface area contributed by atoms with Gasteiger partial charge in [0, 0.05) is 25.8 Å². The fourth-order valence-corrected chi connectivity index (χ4v) is 7.83. The number of nitrogens with two attached hydrogens (primary N) is 4. The minimum absolute atomic E-state index is 0.117. The molecule has 0 spiro atoms. The summed E-state index contributed by atoms with van der Waals surface area (Å²) in [6.07, 6.45) is -6.66. The number of rotatable bonds is 43. The van der Waals surface area contributed by atoms with Gasteiger partial charge in [-0.3, -0.25) is 76.9 Å². The topological polar surface area (TPSA) is 664 Å². The van der Waals surface area contributed by atoms with E-state index in [9.17, 15) is 107 Å². The van der Waals surface area contributed by atoms with Crippen LogP contribution in [0.15, 0.2) is 29.3 Å². The molecule has 91 heavy (non-hydrogen) atoms. The Morgan fingerprint density at radius 3 is 1.42 bits per heavy atom. The van der Waals surface area contributed by atoms with Gasteiger partial charge in [0.25, 0.3) is 0 Å². The minimum atomic E-state index is -2.09. The first-order valence-corrected chi connectivity index (χ1v) is 27.8. The number of carbonyl (C=O) groups is 16. The molecule has 26 N–H and O–H groups in total. The quantitative estimate of drug-likeness (QED) is 0.0164. The van der Waals surface area contributed by atoms with Gasteiger partial charge in [0.2, 0.25) is 70.9 Å². The molecule has 0 saturated heterocycles. The lowest BCUT2D eigenvalue weighted by molar-refractivity contribution is -0.144. The third-order valence-corrected chi connectivity index (χ3v) is 12.5. The second kappa shape index (κ2) is 40.3. The maximum atomic E-state index is 14.0. The van der Waals surface area contributed by atoms with E-state index < -0.39 is 232 Å². The Morgan fingerprint density at radius 2 is 0.934 bits per heavy atom. The van der Waals surface area contributed by atoms with Crippen LogP contribution in [0.3, 0.4) is 0 Å². The maximum absolute atomic E-state index is 14.0. The fraction of sp³-hybridized carbons (Fsp3) is 0.558. The predicted octanol–water partition coefficient (Wildman–Crippen LogP) is -9.87. The second-order valence-corrected chi connectivity index (χ2v) is 20.7. The van der Waals surface area contributed by atoms with Gasteiger partial charge < -0.3 is 117 Å². The fourth-order valence-electron chi connectivity index (χ4n) is 7.83. The van der Waals surface area contributed by atoms with E-state index in [0.717, 1.165) is 6.92 Å². The zero-order valence-corrected chi connectivity index (χ0v) is 49.7. The summed E-state index contributed by atoms with van der Waals surface area (Å²) < 4.78 is 0. The summed E-state index contributed by atoms with van der Waals surface area (Å²) in [4.78, 5) is 208. The molecule has 1 rings (SSSR count). The zero-order chi connectivity index (χ0) is 69.2. The number of carboxylic acids is 4. The van der Waals surface area contributed by atoms with E-state index in [2.05, 4.69) is 52.8 Å². The Kier molecular flexibility index (Phi) is 34.8. The van der Waals surface area contributed by atoms with Crippen LogP contribution in [0.4, 0.5) is 0 Å². The van der Waals surface area contributed by atoms with E-state index in [1.54, 1.807) is 13.8 Å². The van der Waals surface area contributed by atoms with Crippen molar-refractivity contribution < 1.29 is 112 Å². The monoisotopic (exact) mass is 1300 g/mol. The van der Waals surface area contributed by atoms with Crippen LogP contribution in [0, 0.1) is 5.92 Å². The lowest BCUT2D eigenvalue weighted by Gasteiger charge is -2.28. The van der Waals surface area contributed by atoms with Gasteiger partial charge in [-0.05, 0) is 62.6 Å². The van der Waals surface area contributed by atoms with E-state index in [1.807, 2.05) is 10.6 Å². The molecule has 0 heterocycles. The lowest BCUT2D eigenvalue weighted by atomic mass is 10.0. The number of aliphatic hydroxyl groups excluding tert-OH is 2. The molecule has 0 fully saturated rings. The van der Waals surface area contributed by atoms with E-state index in [-0.39, 0.29) is 36.7 Å². The van der Waals surface area contributed by atoms with E-state index >= 15 is 0 Å². The van der Waals surface area contributed by atoms with Gasteiger partial charge in [0.15, 0.2) is 5.96 Å². The number of hydrogen-bond donors (Lipinski definition) is 22. The number of aliphatic imine (C=N–C) groups is 1. The highest BCUT2D eigenvalue weighted by molar-refractivity contribution is 5.99. The molecule has 0 aliphatic carbocycles. The number of carbonyl (C=O) groups excluding carboxylic acids is 12. The summed E-state index contributed by atoms with van der Waals surface area (Å²) in [6, 6.07) is -10.7. The Morgan fingerprint density at radius 1 is 0.495 bits per heavy atom.